The number of nitrogens with zero attached hydrogens (tertiary/aromatic N) is 2. The Bertz CT molecular complexity index is 721. The zero-order valence-corrected chi connectivity index (χ0v) is 14.2. The van der Waals surface area contributed by atoms with E-state index in [9.17, 15) is 9.18 Å². The van der Waals surface area contributed by atoms with Crippen LogP contribution in [0.2, 0.25) is 0 Å². The lowest BCUT2D eigenvalue weighted by atomic mass is 10.1. The summed E-state index contributed by atoms with van der Waals surface area (Å²) in [5.74, 6) is 0.224. The van der Waals surface area contributed by atoms with Gasteiger partial charge in [0.05, 0.1) is 13.5 Å². The number of halogens is 1. The number of likely N-dealkylation sites (tertiary alicyclic amines) is 1. The molecule has 1 atom stereocenters. The van der Waals surface area contributed by atoms with Gasteiger partial charge in [-0.05, 0) is 29.7 Å². The summed E-state index contributed by atoms with van der Waals surface area (Å²) in [5.41, 5.74) is 1.81. The van der Waals surface area contributed by atoms with Crippen molar-refractivity contribution in [1.82, 2.24) is 15.2 Å². The number of pyridine rings is 1. The molecule has 25 heavy (non-hydrogen) atoms. The normalized spacial score (nSPS) is 17.4. The molecule has 1 aliphatic heterocycles. The number of hydrogen-bond donors (Lipinski definition) is 1. The molecule has 1 aromatic carbocycles. The topological polar surface area (TPSA) is 54.5 Å². The first kappa shape index (κ1) is 17.4. The third-order valence-electron chi connectivity index (χ3n) is 4.30. The summed E-state index contributed by atoms with van der Waals surface area (Å²) in [6.45, 7) is 2.53. The van der Waals surface area contributed by atoms with Crippen molar-refractivity contribution in [2.75, 3.05) is 20.2 Å². The van der Waals surface area contributed by atoms with E-state index in [-0.39, 0.29) is 24.2 Å². The number of ether oxygens (including phenoxy) is 1. The predicted octanol–water partition coefficient (Wildman–Crippen LogP) is 2.16. The van der Waals surface area contributed by atoms with E-state index in [2.05, 4.69) is 15.2 Å². The average Bonchev–Trinajstić information content (AvgIpc) is 3.02. The van der Waals surface area contributed by atoms with Crippen molar-refractivity contribution in [3.05, 3.63) is 59.5 Å². The highest BCUT2D eigenvalue weighted by molar-refractivity contribution is 5.78. The first-order valence-corrected chi connectivity index (χ1v) is 8.37. The number of hydrogen-bond acceptors (Lipinski definition) is 4. The van der Waals surface area contributed by atoms with Gasteiger partial charge in [-0.2, -0.15) is 0 Å². The maximum absolute atomic E-state index is 13.2. The minimum absolute atomic E-state index is 0.0661. The first-order valence-electron chi connectivity index (χ1n) is 8.37. The lowest BCUT2D eigenvalue weighted by molar-refractivity contribution is -0.121. The van der Waals surface area contributed by atoms with Gasteiger partial charge in [-0.3, -0.25) is 9.69 Å². The van der Waals surface area contributed by atoms with Crippen molar-refractivity contribution in [3.8, 4) is 5.88 Å². The van der Waals surface area contributed by atoms with E-state index < -0.39 is 0 Å². The van der Waals surface area contributed by atoms with Crippen molar-refractivity contribution < 1.29 is 13.9 Å². The highest BCUT2D eigenvalue weighted by Crippen LogP contribution is 2.15. The third-order valence-corrected chi connectivity index (χ3v) is 4.30. The Morgan fingerprint density at radius 2 is 2.24 bits per heavy atom. The van der Waals surface area contributed by atoms with Crippen LogP contribution in [0.1, 0.15) is 17.5 Å². The summed E-state index contributed by atoms with van der Waals surface area (Å²) >= 11 is 0. The van der Waals surface area contributed by atoms with Gasteiger partial charge >= 0.3 is 0 Å². The van der Waals surface area contributed by atoms with E-state index in [1.165, 1.54) is 12.1 Å². The van der Waals surface area contributed by atoms with Crippen LogP contribution < -0.4 is 10.1 Å². The summed E-state index contributed by atoms with van der Waals surface area (Å²) in [7, 11) is 1.60. The van der Waals surface area contributed by atoms with Crippen molar-refractivity contribution in [1.29, 1.82) is 0 Å². The van der Waals surface area contributed by atoms with Gasteiger partial charge < -0.3 is 10.1 Å². The van der Waals surface area contributed by atoms with E-state index in [1.807, 2.05) is 18.3 Å². The van der Waals surface area contributed by atoms with Crippen LogP contribution in [-0.2, 0) is 17.8 Å². The maximum atomic E-state index is 13.2. The molecule has 132 valence electrons. The van der Waals surface area contributed by atoms with Crippen LogP contribution in [-0.4, -0.2) is 42.0 Å². The molecule has 0 spiro atoms. The molecule has 5 nitrogen and oxygen atoms in total. The number of rotatable bonds is 6. The highest BCUT2D eigenvalue weighted by atomic mass is 19.1. The molecule has 0 aliphatic carbocycles. The van der Waals surface area contributed by atoms with Gasteiger partial charge in [0.2, 0.25) is 11.8 Å². The van der Waals surface area contributed by atoms with E-state index in [1.54, 1.807) is 19.2 Å². The van der Waals surface area contributed by atoms with Crippen molar-refractivity contribution in [2.24, 2.45) is 0 Å². The molecule has 2 heterocycles. The van der Waals surface area contributed by atoms with Gasteiger partial charge in [-0.25, -0.2) is 9.37 Å². The van der Waals surface area contributed by atoms with Gasteiger partial charge in [-0.15, -0.1) is 0 Å². The van der Waals surface area contributed by atoms with E-state index in [0.717, 1.165) is 31.6 Å². The molecule has 1 fully saturated rings. The fourth-order valence-corrected chi connectivity index (χ4v) is 3.09. The Morgan fingerprint density at radius 1 is 1.36 bits per heavy atom. The zero-order valence-electron chi connectivity index (χ0n) is 14.2. The lowest BCUT2D eigenvalue weighted by Gasteiger charge is -2.17. The predicted molar refractivity (Wildman–Crippen MR) is 92.7 cm³/mol. The molecule has 0 radical (unpaired) electrons. The van der Waals surface area contributed by atoms with Crippen LogP contribution in [0.4, 0.5) is 4.39 Å². The fraction of sp³-hybridized carbons (Fsp3) is 0.368. The fourth-order valence-electron chi connectivity index (χ4n) is 3.09. The second-order valence-electron chi connectivity index (χ2n) is 6.30. The number of aromatic nitrogens is 1. The molecule has 6 heteroatoms. The van der Waals surface area contributed by atoms with Crippen molar-refractivity contribution in [3.63, 3.8) is 0 Å². The molecule has 1 unspecified atom stereocenters. The number of nitrogens with one attached hydrogen (secondary N) is 1. The van der Waals surface area contributed by atoms with Crippen molar-refractivity contribution in [2.45, 2.75) is 25.4 Å². The minimum atomic E-state index is -0.314. The number of methoxy groups -OCH3 is 1. The van der Waals surface area contributed by atoms with Crippen LogP contribution in [0.15, 0.2) is 42.6 Å². The van der Waals surface area contributed by atoms with Crippen LogP contribution in [0.5, 0.6) is 5.88 Å². The van der Waals surface area contributed by atoms with Crippen LogP contribution >= 0.6 is 0 Å². The molecule has 3 rings (SSSR count). The van der Waals surface area contributed by atoms with Gasteiger partial charge in [0.1, 0.15) is 5.82 Å². The molecule has 1 saturated heterocycles. The molecule has 1 aromatic heterocycles. The van der Waals surface area contributed by atoms with Gasteiger partial charge in [0.15, 0.2) is 0 Å². The van der Waals surface area contributed by atoms with Crippen LogP contribution in [0, 0.1) is 5.82 Å². The van der Waals surface area contributed by atoms with Gasteiger partial charge in [0.25, 0.3) is 0 Å². The molecule has 1 N–H and O–H groups in total. The summed E-state index contributed by atoms with van der Waals surface area (Å²) in [5, 5.41) is 3.04. The molecule has 1 amide bonds. The minimum Gasteiger partial charge on any atom is -0.481 e. The summed E-state index contributed by atoms with van der Waals surface area (Å²) in [4.78, 5) is 18.6. The lowest BCUT2D eigenvalue weighted by Crippen LogP contribution is -2.37. The first-order chi connectivity index (χ1) is 12.1. The molecule has 1 aliphatic rings. The summed E-state index contributed by atoms with van der Waals surface area (Å²) in [6.07, 6.45) is 2.93. The largest absolute Gasteiger partial charge is 0.481 e. The van der Waals surface area contributed by atoms with Crippen LogP contribution in [0.3, 0.4) is 0 Å². The number of carbonyl (C=O) groups excluding carboxylic acids is 1. The van der Waals surface area contributed by atoms with Crippen LogP contribution in [0.25, 0.3) is 0 Å². The van der Waals surface area contributed by atoms with Gasteiger partial charge in [0, 0.05) is 37.9 Å². The summed E-state index contributed by atoms with van der Waals surface area (Å²) < 4.78 is 18.2. The van der Waals surface area contributed by atoms with E-state index in [0.29, 0.717) is 11.4 Å². The van der Waals surface area contributed by atoms with Crippen molar-refractivity contribution >= 4 is 5.91 Å². The van der Waals surface area contributed by atoms with Gasteiger partial charge in [-0.1, -0.05) is 18.2 Å². The molecule has 0 saturated carbocycles. The summed E-state index contributed by atoms with van der Waals surface area (Å²) in [6, 6.07) is 10.2. The molecule has 2 aromatic rings. The average molecular weight is 343 g/mol. The number of benzene rings is 1. The number of amides is 1. The molecular formula is C19H22FN3O2. The molecule has 0 bridgehead atoms. The Labute approximate surface area is 146 Å². The second-order valence-corrected chi connectivity index (χ2v) is 6.30. The van der Waals surface area contributed by atoms with E-state index >= 15 is 0 Å². The third kappa shape index (κ3) is 5.00. The Hall–Kier alpha value is -2.47. The smallest absolute Gasteiger partial charge is 0.224 e. The zero-order chi connectivity index (χ0) is 17.6. The second kappa shape index (κ2) is 8.07. The standard InChI is InChI=1S/C19H22FN3O2/c1-25-19-6-5-15(11-21-19)12-23-8-7-17(13-23)22-18(24)10-14-3-2-4-16(20)9-14/h2-6,9,11,17H,7-8,10,12-13H2,1H3,(H,22,24). The number of carbonyl (C=O) groups is 1. The Balaban J connectivity index is 1.46. The molecular weight excluding hydrogens is 321 g/mol. The maximum Gasteiger partial charge on any atom is 0.224 e. The Morgan fingerprint density at radius 3 is 2.96 bits per heavy atom. The SMILES string of the molecule is COc1ccc(CN2CCC(NC(=O)Cc3cccc(F)c3)C2)cn1. The highest BCUT2D eigenvalue weighted by Gasteiger charge is 2.23. The Kier molecular flexibility index (Phi) is 5.60. The van der Waals surface area contributed by atoms with E-state index in [4.69, 9.17) is 4.74 Å². The monoisotopic (exact) mass is 343 g/mol. The quantitative estimate of drug-likeness (QED) is 0.873.